The smallest absolute Gasteiger partial charge is 0.373 e. The molecular formula is C10H8ClF3O. The molecule has 1 aromatic rings. The molecule has 0 amide bonds. The zero-order valence-corrected chi connectivity index (χ0v) is 8.40. The van der Waals surface area contributed by atoms with Crippen LogP contribution in [0.5, 0.6) is 0 Å². The first-order valence-electron chi connectivity index (χ1n) is 4.44. The molecule has 2 rings (SSSR count). The molecule has 1 nitrogen and oxygen atoms in total. The number of hydrogen-bond donors (Lipinski definition) is 0. The maximum absolute atomic E-state index is 12.4. The van der Waals surface area contributed by atoms with Gasteiger partial charge in [-0.15, -0.1) is 0 Å². The molecule has 1 unspecified atom stereocenters. The van der Waals surface area contributed by atoms with E-state index in [1.54, 1.807) is 0 Å². The standard InChI is InChI=1S/C10H8ClF3O/c11-9-2-1-7(10(12,13)14)3-6(9)4-8-5-15-8/h1-3,8H,4-5H2. The lowest BCUT2D eigenvalue weighted by Gasteiger charge is -2.09. The number of benzene rings is 1. The van der Waals surface area contributed by atoms with Crippen LogP contribution in [0.2, 0.25) is 5.02 Å². The fourth-order valence-electron chi connectivity index (χ4n) is 1.34. The summed E-state index contributed by atoms with van der Waals surface area (Å²) in [5.74, 6) is 0. The topological polar surface area (TPSA) is 12.5 Å². The molecule has 5 heteroatoms. The largest absolute Gasteiger partial charge is 0.416 e. The number of halogens is 4. The highest BCUT2D eigenvalue weighted by molar-refractivity contribution is 6.31. The van der Waals surface area contributed by atoms with Gasteiger partial charge in [-0.3, -0.25) is 0 Å². The van der Waals surface area contributed by atoms with Crippen LogP contribution in [0.1, 0.15) is 11.1 Å². The molecule has 1 aromatic carbocycles. The Morgan fingerprint density at radius 2 is 2.07 bits per heavy atom. The number of rotatable bonds is 2. The highest BCUT2D eigenvalue weighted by Crippen LogP contribution is 2.32. The molecule has 15 heavy (non-hydrogen) atoms. The molecule has 0 radical (unpaired) electrons. The van der Waals surface area contributed by atoms with Gasteiger partial charge in [0.1, 0.15) is 0 Å². The Bertz CT molecular complexity index is 371. The van der Waals surface area contributed by atoms with Gasteiger partial charge in [-0.1, -0.05) is 11.6 Å². The normalized spacial score (nSPS) is 20.4. The molecule has 1 aliphatic heterocycles. The fraction of sp³-hybridized carbons (Fsp3) is 0.400. The van der Waals surface area contributed by atoms with Crippen LogP contribution in [-0.2, 0) is 17.3 Å². The molecule has 1 heterocycles. The minimum atomic E-state index is -4.32. The van der Waals surface area contributed by atoms with Crippen molar-refractivity contribution in [1.29, 1.82) is 0 Å². The molecule has 0 aliphatic carbocycles. The van der Waals surface area contributed by atoms with Gasteiger partial charge in [0.05, 0.1) is 18.3 Å². The molecule has 1 atom stereocenters. The highest BCUT2D eigenvalue weighted by atomic mass is 35.5. The van der Waals surface area contributed by atoms with Gasteiger partial charge in [0.15, 0.2) is 0 Å². The van der Waals surface area contributed by atoms with Crippen LogP contribution in [0.4, 0.5) is 13.2 Å². The van der Waals surface area contributed by atoms with Crippen molar-refractivity contribution in [3.63, 3.8) is 0 Å². The molecular weight excluding hydrogens is 229 g/mol. The molecule has 1 aliphatic rings. The summed E-state index contributed by atoms with van der Waals surface area (Å²) in [6.07, 6.45) is -3.84. The van der Waals surface area contributed by atoms with Crippen molar-refractivity contribution in [3.05, 3.63) is 34.3 Å². The van der Waals surface area contributed by atoms with Crippen LogP contribution in [-0.4, -0.2) is 12.7 Å². The average Bonchev–Trinajstić information content (AvgIpc) is 2.90. The van der Waals surface area contributed by atoms with E-state index in [1.165, 1.54) is 6.07 Å². The predicted octanol–water partition coefficient (Wildman–Crippen LogP) is 3.30. The van der Waals surface area contributed by atoms with Crippen molar-refractivity contribution in [2.24, 2.45) is 0 Å². The molecule has 0 aromatic heterocycles. The third-order valence-corrected chi connectivity index (χ3v) is 2.59. The Morgan fingerprint density at radius 1 is 1.40 bits per heavy atom. The number of hydrogen-bond acceptors (Lipinski definition) is 1. The second-order valence-electron chi connectivity index (χ2n) is 3.46. The SMILES string of the molecule is FC(F)(F)c1ccc(Cl)c(CC2CO2)c1. The van der Waals surface area contributed by atoms with Crippen LogP contribution in [0.25, 0.3) is 0 Å². The Morgan fingerprint density at radius 3 is 2.60 bits per heavy atom. The lowest BCUT2D eigenvalue weighted by Crippen LogP contribution is -2.06. The van der Waals surface area contributed by atoms with Gasteiger partial charge in [-0.05, 0) is 23.8 Å². The van der Waals surface area contributed by atoms with E-state index in [9.17, 15) is 13.2 Å². The number of alkyl halides is 3. The zero-order chi connectivity index (χ0) is 11.1. The highest BCUT2D eigenvalue weighted by Gasteiger charge is 2.32. The number of epoxide rings is 1. The van der Waals surface area contributed by atoms with Gasteiger partial charge in [-0.2, -0.15) is 13.2 Å². The summed E-state index contributed by atoms with van der Waals surface area (Å²) in [7, 11) is 0. The molecule has 0 N–H and O–H groups in total. The van der Waals surface area contributed by atoms with Gasteiger partial charge < -0.3 is 4.74 Å². The van der Waals surface area contributed by atoms with Crippen molar-refractivity contribution < 1.29 is 17.9 Å². The van der Waals surface area contributed by atoms with E-state index >= 15 is 0 Å². The van der Waals surface area contributed by atoms with E-state index in [2.05, 4.69) is 0 Å². The Balaban J connectivity index is 2.27. The van der Waals surface area contributed by atoms with Gasteiger partial charge >= 0.3 is 6.18 Å². The summed E-state index contributed by atoms with van der Waals surface area (Å²) in [6, 6.07) is 3.35. The monoisotopic (exact) mass is 236 g/mol. The van der Waals surface area contributed by atoms with Crippen LogP contribution in [0.3, 0.4) is 0 Å². The van der Waals surface area contributed by atoms with Gasteiger partial charge in [-0.25, -0.2) is 0 Å². The summed E-state index contributed by atoms with van der Waals surface area (Å²) < 4.78 is 42.1. The molecule has 82 valence electrons. The zero-order valence-electron chi connectivity index (χ0n) is 7.64. The first-order valence-corrected chi connectivity index (χ1v) is 4.82. The summed E-state index contributed by atoms with van der Waals surface area (Å²) in [5.41, 5.74) is -0.170. The second kappa shape index (κ2) is 3.68. The Hall–Kier alpha value is -0.740. The molecule has 0 saturated carbocycles. The second-order valence-corrected chi connectivity index (χ2v) is 3.87. The Labute approximate surface area is 89.8 Å². The number of ether oxygens (including phenoxy) is 1. The first-order chi connectivity index (χ1) is 6.97. The van der Waals surface area contributed by atoms with Crippen LogP contribution >= 0.6 is 11.6 Å². The molecule has 0 spiro atoms. The van der Waals surface area contributed by atoms with Crippen LogP contribution in [0, 0.1) is 0 Å². The maximum Gasteiger partial charge on any atom is 0.416 e. The Kier molecular flexibility index (Phi) is 2.64. The molecule has 1 saturated heterocycles. The minimum Gasteiger partial charge on any atom is -0.373 e. The van der Waals surface area contributed by atoms with E-state index in [-0.39, 0.29) is 6.10 Å². The van der Waals surface area contributed by atoms with Crippen LogP contribution < -0.4 is 0 Å². The molecule has 1 fully saturated rings. The summed E-state index contributed by atoms with van der Waals surface area (Å²) in [4.78, 5) is 0. The summed E-state index contributed by atoms with van der Waals surface area (Å²) >= 11 is 5.80. The van der Waals surface area contributed by atoms with E-state index in [1.807, 2.05) is 0 Å². The maximum atomic E-state index is 12.4. The van der Waals surface area contributed by atoms with Gasteiger partial charge in [0, 0.05) is 11.4 Å². The quantitative estimate of drug-likeness (QED) is 0.718. The van der Waals surface area contributed by atoms with Gasteiger partial charge in [0.25, 0.3) is 0 Å². The summed E-state index contributed by atoms with van der Waals surface area (Å²) in [5, 5.41) is 0.360. The van der Waals surface area contributed by atoms with Crippen molar-refractivity contribution in [2.45, 2.75) is 18.7 Å². The summed E-state index contributed by atoms with van der Waals surface area (Å²) in [6.45, 7) is 0.604. The van der Waals surface area contributed by atoms with Crippen molar-refractivity contribution in [1.82, 2.24) is 0 Å². The fourth-order valence-corrected chi connectivity index (χ4v) is 1.53. The third-order valence-electron chi connectivity index (χ3n) is 2.22. The van der Waals surface area contributed by atoms with Gasteiger partial charge in [0.2, 0.25) is 0 Å². The lowest BCUT2D eigenvalue weighted by molar-refractivity contribution is -0.137. The minimum absolute atomic E-state index is 0.0333. The lowest BCUT2D eigenvalue weighted by atomic mass is 10.1. The van der Waals surface area contributed by atoms with Crippen molar-refractivity contribution in [2.75, 3.05) is 6.61 Å². The van der Waals surface area contributed by atoms with E-state index in [0.29, 0.717) is 23.6 Å². The van der Waals surface area contributed by atoms with E-state index < -0.39 is 11.7 Å². The van der Waals surface area contributed by atoms with Crippen LogP contribution in [0.15, 0.2) is 18.2 Å². The van der Waals surface area contributed by atoms with E-state index in [4.69, 9.17) is 16.3 Å². The van der Waals surface area contributed by atoms with E-state index in [0.717, 1.165) is 12.1 Å². The molecule has 0 bridgehead atoms. The predicted molar refractivity (Wildman–Crippen MR) is 49.9 cm³/mol. The van der Waals surface area contributed by atoms with Crippen molar-refractivity contribution >= 4 is 11.6 Å². The average molecular weight is 237 g/mol. The third kappa shape index (κ3) is 2.63. The first kappa shape index (κ1) is 10.8. The van der Waals surface area contributed by atoms with Crippen molar-refractivity contribution in [3.8, 4) is 0 Å².